The molecule has 0 saturated carbocycles. The molecule has 0 atom stereocenters. The van der Waals surface area contributed by atoms with Crippen LogP contribution in [0.2, 0.25) is 0 Å². The number of ether oxygens (including phenoxy) is 2. The van der Waals surface area contributed by atoms with Gasteiger partial charge in [0.15, 0.2) is 11.5 Å². The van der Waals surface area contributed by atoms with Gasteiger partial charge in [0.25, 0.3) is 0 Å². The van der Waals surface area contributed by atoms with E-state index in [1.54, 1.807) is 12.1 Å². The topological polar surface area (TPSA) is 80.2 Å². The Kier molecular flexibility index (Phi) is 5.56. The van der Waals surface area contributed by atoms with Crippen LogP contribution in [0.3, 0.4) is 0 Å². The number of aromatic hydroxyl groups is 1. The van der Waals surface area contributed by atoms with E-state index in [-0.39, 0.29) is 29.6 Å². The summed E-state index contributed by atoms with van der Waals surface area (Å²) in [5, 5.41) is 16.0. The van der Waals surface area contributed by atoms with Crippen LogP contribution in [0, 0.1) is 0 Å². The quantitative estimate of drug-likeness (QED) is 0.520. The highest BCUT2D eigenvalue weighted by Gasteiger charge is 2.10. The number of carbonyl (C=O) groups excluding carboxylic acids is 1. The van der Waals surface area contributed by atoms with Crippen molar-refractivity contribution >= 4 is 22.9 Å². The molecule has 3 aromatic rings. The molecule has 0 radical (unpaired) electrons. The van der Waals surface area contributed by atoms with Gasteiger partial charge in [-0.05, 0) is 28.5 Å². The van der Waals surface area contributed by atoms with Gasteiger partial charge in [-0.25, -0.2) is 5.43 Å². The third kappa shape index (κ3) is 4.17. The van der Waals surface area contributed by atoms with Gasteiger partial charge in [0.2, 0.25) is 11.7 Å². The number of nitrogens with zero attached hydrogens (tertiary/aromatic N) is 1. The van der Waals surface area contributed by atoms with E-state index in [9.17, 15) is 9.90 Å². The highest BCUT2D eigenvalue weighted by Crippen LogP contribution is 2.36. The Bertz CT molecular complexity index is 968. The molecule has 0 fully saturated rings. The number of hydrogen-bond donors (Lipinski definition) is 2. The minimum Gasteiger partial charge on any atom is -0.502 e. The van der Waals surface area contributed by atoms with Gasteiger partial charge in [-0.15, -0.1) is 0 Å². The Labute approximate surface area is 157 Å². The van der Waals surface area contributed by atoms with Gasteiger partial charge in [-0.2, -0.15) is 5.10 Å². The van der Waals surface area contributed by atoms with Crippen LogP contribution >= 0.6 is 0 Å². The maximum absolute atomic E-state index is 12.2. The number of nitrogens with one attached hydrogen (secondary N) is 1. The number of carbonyl (C=O) groups is 1. The van der Waals surface area contributed by atoms with Crippen molar-refractivity contribution in [2.75, 3.05) is 14.2 Å². The van der Waals surface area contributed by atoms with Crippen LogP contribution in [0.25, 0.3) is 10.8 Å². The summed E-state index contributed by atoms with van der Waals surface area (Å²) >= 11 is 0. The Hall–Kier alpha value is -3.54. The van der Waals surface area contributed by atoms with Crippen LogP contribution in [0.5, 0.6) is 17.2 Å². The van der Waals surface area contributed by atoms with Crippen LogP contribution in [-0.2, 0) is 11.2 Å². The van der Waals surface area contributed by atoms with Gasteiger partial charge < -0.3 is 14.6 Å². The van der Waals surface area contributed by atoms with Crippen LogP contribution < -0.4 is 14.9 Å². The van der Waals surface area contributed by atoms with Crippen molar-refractivity contribution in [2.45, 2.75) is 6.42 Å². The van der Waals surface area contributed by atoms with E-state index in [1.807, 2.05) is 42.5 Å². The largest absolute Gasteiger partial charge is 0.502 e. The van der Waals surface area contributed by atoms with Crippen molar-refractivity contribution < 1.29 is 19.4 Å². The fraction of sp³-hybridized carbons (Fsp3) is 0.143. The molecule has 3 aromatic carbocycles. The van der Waals surface area contributed by atoms with Crippen LogP contribution in [0.15, 0.2) is 59.7 Å². The number of phenolic OH excluding ortho intramolecular Hbond substituents is 1. The number of rotatable bonds is 6. The molecule has 0 aliphatic heterocycles. The van der Waals surface area contributed by atoms with Crippen molar-refractivity contribution in [3.8, 4) is 17.2 Å². The maximum atomic E-state index is 12.2. The lowest BCUT2D eigenvalue weighted by atomic mass is 10.0. The van der Waals surface area contributed by atoms with Gasteiger partial charge in [0.1, 0.15) is 0 Å². The molecule has 3 rings (SSSR count). The van der Waals surface area contributed by atoms with Gasteiger partial charge >= 0.3 is 0 Å². The van der Waals surface area contributed by atoms with Gasteiger partial charge in [0, 0.05) is 5.56 Å². The normalized spacial score (nSPS) is 10.9. The molecule has 2 N–H and O–H groups in total. The fourth-order valence-corrected chi connectivity index (χ4v) is 2.83. The minimum atomic E-state index is -0.222. The number of fused-ring (bicyclic) bond motifs is 1. The third-order valence-electron chi connectivity index (χ3n) is 4.14. The molecule has 0 aliphatic carbocycles. The predicted molar refractivity (Wildman–Crippen MR) is 105 cm³/mol. The average Bonchev–Trinajstić information content (AvgIpc) is 2.69. The van der Waals surface area contributed by atoms with E-state index in [2.05, 4.69) is 10.5 Å². The standard InChI is InChI=1S/C21H20N2O4/c1-26-18-10-14(11-19(27-2)21(18)25)13-22-23-20(24)12-16-8-5-7-15-6-3-4-9-17(15)16/h3-11,13,25H,12H2,1-2H3,(H,23,24)/b22-13-. The highest BCUT2D eigenvalue weighted by molar-refractivity contribution is 5.90. The third-order valence-corrected chi connectivity index (χ3v) is 4.14. The molecule has 0 heterocycles. The first-order valence-corrected chi connectivity index (χ1v) is 8.36. The zero-order valence-electron chi connectivity index (χ0n) is 15.1. The summed E-state index contributed by atoms with van der Waals surface area (Å²) in [7, 11) is 2.89. The fourth-order valence-electron chi connectivity index (χ4n) is 2.83. The van der Waals surface area contributed by atoms with E-state index in [1.165, 1.54) is 20.4 Å². The van der Waals surface area contributed by atoms with Crippen LogP contribution in [0.1, 0.15) is 11.1 Å². The summed E-state index contributed by atoms with van der Waals surface area (Å²) in [6.45, 7) is 0. The average molecular weight is 364 g/mol. The Morgan fingerprint density at radius 2 is 1.74 bits per heavy atom. The Morgan fingerprint density at radius 3 is 2.44 bits per heavy atom. The molecular formula is C21H20N2O4. The summed E-state index contributed by atoms with van der Waals surface area (Å²) in [4.78, 5) is 12.2. The van der Waals surface area contributed by atoms with Gasteiger partial charge in [-0.3, -0.25) is 4.79 Å². The molecule has 0 unspecified atom stereocenters. The molecule has 6 nitrogen and oxygen atoms in total. The van der Waals surface area contributed by atoms with Gasteiger partial charge in [0.05, 0.1) is 26.9 Å². The molecule has 0 aliphatic rings. The molecule has 27 heavy (non-hydrogen) atoms. The lowest BCUT2D eigenvalue weighted by molar-refractivity contribution is -0.120. The number of hydrazone groups is 1. The monoisotopic (exact) mass is 364 g/mol. The van der Waals surface area contributed by atoms with E-state index in [0.29, 0.717) is 5.56 Å². The van der Waals surface area contributed by atoms with E-state index in [0.717, 1.165) is 16.3 Å². The predicted octanol–water partition coefficient (Wildman–Crippen LogP) is 3.26. The number of methoxy groups -OCH3 is 2. The highest BCUT2D eigenvalue weighted by atomic mass is 16.5. The zero-order chi connectivity index (χ0) is 19.2. The first-order valence-electron chi connectivity index (χ1n) is 8.36. The van der Waals surface area contributed by atoms with E-state index < -0.39 is 0 Å². The molecule has 0 bridgehead atoms. The summed E-state index contributed by atoms with van der Waals surface area (Å²) in [5.41, 5.74) is 4.08. The van der Waals surface area contributed by atoms with Crippen molar-refractivity contribution in [3.63, 3.8) is 0 Å². The number of amides is 1. The molecule has 138 valence electrons. The molecular weight excluding hydrogens is 344 g/mol. The smallest absolute Gasteiger partial charge is 0.244 e. The Balaban J connectivity index is 1.70. The van der Waals surface area contributed by atoms with Crippen LogP contribution in [-0.4, -0.2) is 31.4 Å². The second kappa shape index (κ2) is 8.23. The zero-order valence-corrected chi connectivity index (χ0v) is 15.1. The van der Waals surface area contributed by atoms with E-state index in [4.69, 9.17) is 9.47 Å². The molecule has 0 saturated heterocycles. The van der Waals surface area contributed by atoms with Crippen LogP contribution in [0.4, 0.5) is 0 Å². The molecule has 1 amide bonds. The molecule has 0 aromatic heterocycles. The first-order chi connectivity index (χ1) is 13.1. The van der Waals surface area contributed by atoms with Crippen molar-refractivity contribution in [2.24, 2.45) is 5.10 Å². The number of benzene rings is 3. The van der Waals surface area contributed by atoms with Crippen molar-refractivity contribution in [3.05, 3.63) is 65.7 Å². The first kappa shape index (κ1) is 18.3. The Morgan fingerprint density at radius 1 is 1.07 bits per heavy atom. The SMILES string of the molecule is COc1cc(/C=N\NC(=O)Cc2cccc3ccccc23)cc(OC)c1O. The second-order valence-electron chi connectivity index (χ2n) is 5.88. The van der Waals surface area contributed by atoms with Crippen molar-refractivity contribution in [1.29, 1.82) is 0 Å². The van der Waals surface area contributed by atoms with Crippen molar-refractivity contribution in [1.82, 2.24) is 5.43 Å². The minimum absolute atomic E-state index is 0.0860. The molecule has 6 heteroatoms. The second-order valence-corrected chi connectivity index (χ2v) is 5.88. The summed E-state index contributed by atoms with van der Waals surface area (Å²) in [6, 6.07) is 17.0. The summed E-state index contributed by atoms with van der Waals surface area (Å²) < 4.78 is 10.2. The molecule has 0 spiro atoms. The summed E-state index contributed by atoms with van der Waals surface area (Å²) in [6.07, 6.45) is 1.69. The number of phenols is 1. The lowest BCUT2D eigenvalue weighted by Gasteiger charge is -2.09. The van der Waals surface area contributed by atoms with E-state index >= 15 is 0 Å². The maximum Gasteiger partial charge on any atom is 0.244 e. The summed E-state index contributed by atoms with van der Waals surface area (Å²) in [5.74, 6) is 0.216. The number of hydrogen-bond acceptors (Lipinski definition) is 5. The lowest BCUT2D eigenvalue weighted by Crippen LogP contribution is -2.19. The van der Waals surface area contributed by atoms with Gasteiger partial charge in [-0.1, -0.05) is 42.5 Å².